The highest BCUT2D eigenvalue weighted by molar-refractivity contribution is 6.01. The van der Waals surface area contributed by atoms with Crippen LogP contribution in [0.4, 0.5) is 0 Å². The fourth-order valence-corrected chi connectivity index (χ4v) is 2.69. The Morgan fingerprint density at radius 1 is 1.00 bits per heavy atom. The predicted molar refractivity (Wildman–Crippen MR) is 113 cm³/mol. The first-order chi connectivity index (χ1) is 14.0. The van der Waals surface area contributed by atoms with E-state index in [9.17, 15) is 9.59 Å². The Labute approximate surface area is 171 Å². The molecule has 0 saturated heterocycles. The molecular formula is C22H27N3O4. The van der Waals surface area contributed by atoms with Crippen LogP contribution in [0, 0.1) is 0 Å². The molecule has 0 spiro atoms. The van der Waals surface area contributed by atoms with Gasteiger partial charge < -0.3 is 14.8 Å². The Hall–Kier alpha value is -3.35. The van der Waals surface area contributed by atoms with E-state index in [-0.39, 0.29) is 12.3 Å². The molecule has 0 radical (unpaired) electrons. The number of benzene rings is 2. The Morgan fingerprint density at radius 3 is 2.41 bits per heavy atom. The highest BCUT2D eigenvalue weighted by Gasteiger charge is 2.11. The van der Waals surface area contributed by atoms with Crippen molar-refractivity contribution in [2.24, 2.45) is 5.10 Å². The van der Waals surface area contributed by atoms with E-state index in [0.717, 1.165) is 12.8 Å². The van der Waals surface area contributed by atoms with Gasteiger partial charge in [0.05, 0.1) is 20.6 Å². The molecule has 0 aromatic heterocycles. The van der Waals surface area contributed by atoms with Gasteiger partial charge in [0.25, 0.3) is 5.91 Å². The number of nitrogens with one attached hydrogen (secondary N) is 2. The van der Waals surface area contributed by atoms with Gasteiger partial charge in [-0.05, 0) is 43.5 Å². The minimum atomic E-state index is -0.395. The molecule has 29 heavy (non-hydrogen) atoms. The van der Waals surface area contributed by atoms with Crippen LogP contribution in [0.15, 0.2) is 53.6 Å². The molecule has 0 bridgehead atoms. The topological polar surface area (TPSA) is 89.0 Å². The van der Waals surface area contributed by atoms with Crippen LogP contribution in [-0.4, -0.2) is 38.3 Å². The Balaban J connectivity index is 1.75. The first-order valence-corrected chi connectivity index (χ1v) is 9.39. The van der Waals surface area contributed by atoms with Crippen LogP contribution in [0.1, 0.15) is 35.7 Å². The van der Waals surface area contributed by atoms with Gasteiger partial charge in [-0.15, -0.1) is 0 Å². The largest absolute Gasteiger partial charge is 0.493 e. The van der Waals surface area contributed by atoms with Crippen LogP contribution in [-0.2, 0) is 11.2 Å². The summed E-state index contributed by atoms with van der Waals surface area (Å²) in [5.41, 5.74) is 4.59. The van der Waals surface area contributed by atoms with Gasteiger partial charge in [-0.2, -0.15) is 5.10 Å². The molecule has 2 aromatic carbocycles. The molecule has 2 amide bonds. The van der Waals surface area contributed by atoms with Crippen molar-refractivity contribution in [2.75, 3.05) is 20.8 Å². The number of carbonyl (C=O) groups is 2. The number of rotatable bonds is 10. The van der Waals surface area contributed by atoms with Crippen LogP contribution in [0.3, 0.4) is 0 Å². The number of amides is 2. The molecule has 0 aliphatic carbocycles. The molecule has 0 unspecified atom stereocenters. The van der Waals surface area contributed by atoms with Crippen LogP contribution < -0.4 is 20.2 Å². The standard InChI is InChI=1S/C22H27N3O4/c1-16(14-21(26)23-13-7-10-17-8-5-4-6-9-17)24-25-22(27)18-11-12-19(28-2)20(15-18)29-3/h4-6,8-9,11-12,15H,7,10,13-14H2,1-3H3,(H,23,26)(H,25,27)/b24-16-. The smallest absolute Gasteiger partial charge is 0.271 e. The zero-order valence-electron chi connectivity index (χ0n) is 17.0. The lowest BCUT2D eigenvalue weighted by atomic mass is 10.1. The van der Waals surface area contributed by atoms with Gasteiger partial charge in [0.1, 0.15) is 0 Å². The van der Waals surface area contributed by atoms with Gasteiger partial charge in [0.15, 0.2) is 11.5 Å². The molecule has 0 atom stereocenters. The molecule has 0 aliphatic heterocycles. The van der Waals surface area contributed by atoms with Crippen molar-refractivity contribution in [3.63, 3.8) is 0 Å². The van der Waals surface area contributed by atoms with Crippen LogP contribution in [0.5, 0.6) is 11.5 Å². The third-order valence-corrected chi connectivity index (χ3v) is 4.22. The number of hydrazone groups is 1. The minimum absolute atomic E-state index is 0.123. The van der Waals surface area contributed by atoms with Crippen molar-refractivity contribution in [3.8, 4) is 11.5 Å². The van der Waals surface area contributed by atoms with Crippen molar-refractivity contribution in [3.05, 3.63) is 59.7 Å². The first kappa shape index (κ1) is 21.9. The molecule has 0 heterocycles. The van der Waals surface area contributed by atoms with Gasteiger partial charge in [0.2, 0.25) is 5.91 Å². The van der Waals surface area contributed by atoms with E-state index in [0.29, 0.717) is 29.3 Å². The number of hydrogen-bond acceptors (Lipinski definition) is 5. The number of nitrogens with zero attached hydrogens (tertiary/aromatic N) is 1. The minimum Gasteiger partial charge on any atom is -0.493 e. The molecular weight excluding hydrogens is 370 g/mol. The molecule has 2 N–H and O–H groups in total. The third-order valence-electron chi connectivity index (χ3n) is 4.22. The second-order valence-corrected chi connectivity index (χ2v) is 6.47. The average Bonchev–Trinajstić information content (AvgIpc) is 2.75. The van der Waals surface area contributed by atoms with Gasteiger partial charge in [-0.1, -0.05) is 30.3 Å². The van der Waals surface area contributed by atoms with Crippen molar-refractivity contribution in [2.45, 2.75) is 26.2 Å². The van der Waals surface area contributed by atoms with Gasteiger partial charge in [-0.25, -0.2) is 5.43 Å². The van der Waals surface area contributed by atoms with Crippen molar-refractivity contribution >= 4 is 17.5 Å². The maximum Gasteiger partial charge on any atom is 0.271 e. The SMILES string of the molecule is COc1ccc(C(=O)N/N=C(/C)CC(=O)NCCCc2ccccc2)cc1OC. The number of aryl methyl sites for hydroxylation is 1. The molecule has 7 heteroatoms. The summed E-state index contributed by atoms with van der Waals surface area (Å²) in [6.45, 7) is 2.29. The van der Waals surface area contributed by atoms with E-state index in [1.54, 1.807) is 25.1 Å². The summed E-state index contributed by atoms with van der Waals surface area (Å²) in [5.74, 6) is 0.469. The van der Waals surface area contributed by atoms with Crippen LogP contribution in [0.2, 0.25) is 0 Å². The zero-order chi connectivity index (χ0) is 21.1. The molecule has 2 aromatic rings. The first-order valence-electron chi connectivity index (χ1n) is 9.39. The van der Waals surface area contributed by atoms with E-state index in [4.69, 9.17) is 9.47 Å². The van der Waals surface area contributed by atoms with Gasteiger partial charge >= 0.3 is 0 Å². The van der Waals surface area contributed by atoms with Gasteiger partial charge in [-0.3, -0.25) is 9.59 Å². The summed E-state index contributed by atoms with van der Waals surface area (Å²) in [6.07, 6.45) is 1.90. The summed E-state index contributed by atoms with van der Waals surface area (Å²) >= 11 is 0. The third kappa shape index (κ3) is 7.29. The lowest BCUT2D eigenvalue weighted by Crippen LogP contribution is -2.27. The fourth-order valence-electron chi connectivity index (χ4n) is 2.69. The maximum atomic E-state index is 12.2. The summed E-state index contributed by atoms with van der Waals surface area (Å²) in [4.78, 5) is 24.2. The van der Waals surface area contributed by atoms with Crippen molar-refractivity contribution in [1.29, 1.82) is 0 Å². The molecule has 7 nitrogen and oxygen atoms in total. The number of hydrogen-bond donors (Lipinski definition) is 2. The van der Waals surface area contributed by atoms with Crippen LogP contribution in [0.25, 0.3) is 0 Å². The normalized spacial score (nSPS) is 10.9. The fraction of sp³-hybridized carbons (Fsp3) is 0.318. The number of ether oxygens (including phenoxy) is 2. The van der Waals surface area contributed by atoms with Crippen molar-refractivity contribution in [1.82, 2.24) is 10.7 Å². The maximum absolute atomic E-state index is 12.2. The van der Waals surface area contributed by atoms with E-state index in [2.05, 4.69) is 28.0 Å². The van der Waals surface area contributed by atoms with E-state index in [1.807, 2.05) is 18.2 Å². The summed E-state index contributed by atoms with van der Waals surface area (Å²) in [6, 6.07) is 15.0. The van der Waals surface area contributed by atoms with E-state index < -0.39 is 5.91 Å². The summed E-state index contributed by atoms with van der Waals surface area (Å²) in [5, 5.41) is 6.87. The average molecular weight is 397 g/mol. The zero-order valence-corrected chi connectivity index (χ0v) is 17.0. The lowest BCUT2D eigenvalue weighted by molar-refractivity contribution is -0.119. The highest BCUT2D eigenvalue weighted by Crippen LogP contribution is 2.27. The number of methoxy groups -OCH3 is 2. The van der Waals surface area contributed by atoms with Crippen molar-refractivity contribution < 1.29 is 19.1 Å². The molecule has 0 saturated carbocycles. The quantitative estimate of drug-likeness (QED) is 0.366. The Morgan fingerprint density at radius 2 is 1.72 bits per heavy atom. The summed E-state index contributed by atoms with van der Waals surface area (Å²) < 4.78 is 10.3. The second kappa shape index (κ2) is 11.5. The molecule has 0 fully saturated rings. The Bertz CT molecular complexity index is 850. The lowest BCUT2D eigenvalue weighted by Gasteiger charge is -2.09. The highest BCUT2D eigenvalue weighted by atomic mass is 16.5. The molecule has 0 aliphatic rings. The predicted octanol–water partition coefficient (Wildman–Crippen LogP) is 2.95. The van der Waals surface area contributed by atoms with E-state index in [1.165, 1.54) is 19.8 Å². The number of carbonyl (C=O) groups excluding carboxylic acids is 2. The van der Waals surface area contributed by atoms with E-state index >= 15 is 0 Å². The Kier molecular flexibility index (Phi) is 8.69. The molecule has 154 valence electrons. The monoisotopic (exact) mass is 397 g/mol. The van der Waals surface area contributed by atoms with Gasteiger partial charge in [0, 0.05) is 17.8 Å². The summed E-state index contributed by atoms with van der Waals surface area (Å²) in [7, 11) is 3.03. The molecule has 2 rings (SSSR count). The second-order valence-electron chi connectivity index (χ2n) is 6.47. The van der Waals surface area contributed by atoms with Crippen LogP contribution >= 0.6 is 0 Å².